The van der Waals surface area contributed by atoms with Gasteiger partial charge in [-0.05, 0) is 36.5 Å². The third-order valence-electron chi connectivity index (χ3n) is 5.15. The lowest BCUT2D eigenvalue weighted by atomic mass is 9.99. The van der Waals surface area contributed by atoms with Gasteiger partial charge in [-0.3, -0.25) is 0 Å². The fraction of sp³-hybridized carbons (Fsp3) is 0.261. The van der Waals surface area contributed by atoms with Crippen LogP contribution in [0.1, 0.15) is 38.8 Å². The molecule has 0 atom stereocenters. The van der Waals surface area contributed by atoms with Gasteiger partial charge in [-0.15, -0.1) is 0 Å². The topological polar surface area (TPSA) is 3.88 Å². The minimum absolute atomic E-state index is 1.10. The minimum atomic E-state index is 1.10. The van der Waals surface area contributed by atoms with E-state index in [9.17, 15) is 0 Å². The second-order valence-electron chi connectivity index (χ2n) is 6.34. The van der Waals surface area contributed by atoms with Gasteiger partial charge >= 0.3 is 0 Å². The van der Waals surface area contributed by atoms with E-state index >= 15 is 0 Å². The Labute approximate surface area is 144 Å². The smallest absolute Gasteiger partial charge is 0.188 e. The fourth-order valence-electron chi connectivity index (χ4n) is 4.13. The van der Waals surface area contributed by atoms with Crippen LogP contribution in [-0.2, 0) is 6.54 Å². The standard InChI is InChI=1S/C21H18N.C2H6/c1-2-6-15(7-3-1)17-9-5-11-20-19(17)12-13-21-18-10-4-8-16(18)14-22(20)21;1-2/h1-3,5-7,9,11-13H,4,8,10,14H2;1-2H3/q+1;. The lowest BCUT2D eigenvalue weighted by molar-refractivity contribution is -0.660. The Hall–Kier alpha value is -2.41. The average molecular weight is 314 g/mol. The molecule has 1 heteroatoms. The van der Waals surface area contributed by atoms with E-state index in [1.54, 1.807) is 11.1 Å². The Bertz CT molecular complexity index is 919. The first-order chi connectivity index (χ1) is 11.9. The number of fused-ring (bicyclic) bond motifs is 4. The zero-order chi connectivity index (χ0) is 16.5. The predicted molar refractivity (Wildman–Crippen MR) is 102 cm³/mol. The first-order valence-electron chi connectivity index (χ1n) is 9.14. The Morgan fingerprint density at radius 3 is 2.46 bits per heavy atom. The SMILES string of the molecule is CC.c1ccc(-c2cccc3c2ccc2[n+]3CC3=C2CCC3)cc1. The maximum Gasteiger partial charge on any atom is 0.213 e. The van der Waals surface area contributed by atoms with Crippen LogP contribution in [0.2, 0.25) is 0 Å². The highest BCUT2D eigenvalue weighted by Crippen LogP contribution is 2.38. The van der Waals surface area contributed by atoms with Crippen LogP contribution in [-0.4, -0.2) is 0 Å². The van der Waals surface area contributed by atoms with E-state index < -0.39 is 0 Å². The van der Waals surface area contributed by atoms with Gasteiger partial charge < -0.3 is 0 Å². The fourth-order valence-corrected chi connectivity index (χ4v) is 4.13. The molecule has 1 aliphatic carbocycles. The van der Waals surface area contributed by atoms with E-state index in [0.717, 1.165) is 6.54 Å². The molecule has 1 aromatic heterocycles. The number of benzene rings is 2. The summed E-state index contributed by atoms with van der Waals surface area (Å²) in [4.78, 5) is 0. The van der Waals surface area contributed by atoms with Gasteiger partial charge in [0.2, 0.25) is 11.2 Å². The molecule has 0 bridgehead atoms. The highest BCUT2D eigenvalue weighted by molar-refractivity contribution is 5.93. The van der Waals surface area contributed by atoms with Crippen molar-refractivity contribution in [1.82, 2.24) is 0 Å². The van der Waals surface area contributed by atoms with Gasteiger partial charge in [-0.1, -0.05) is 56.3 Å². The van der Waals surface area contributed by atoms with Gasteiger partial charge in [0, 0.05) is 23.3 Å². The molecule has 0 saturated carbocycles. The van der Waals surface area contributed by atoms with E-state index in [2.05, 4.69) is 65.2 Å². The molecule has 0 N–H and O–H groups in total. The predicted octanol–water partition coefficient (Wildman–Crippen LogP) is 5.77. The molecule has 0 amide bonds. The summed E-state index contributed by atoms with van der Waals surface area (Å²) in [6.45, 7) is 5.10. The van der Waals surface area contributed by atoms with Crippen molar-refractivity contribution in [3.8, 4) is 11.1 Å². The van der Waals surface area contributed by atoms with Crippen molar-refractivity contribution in [3.63, 3.8) is 0 Å². The molecular weight excluding hydrogens is 290 g/mol. The molecule has 2 heterocycles. The summed E-state index contributed by atoms with van der Waals surface area (Å²) in [5.74, 6) is 0. The van der Waals surface area contributed by atoms with Crippen molar-refractivity contribution in [1.29, 1.82) is 0 Å². The molecule has 2 aromatic carbocycles. The van der Waals surface area contributed by atoms with Crippen molar-refractivity contribution < 1.29 is 4.57 Å². The molecule has 120 valence electrons. The zero-order valence-electron chi connectivity index (χ0n) is 14.5. The van der Waals surface area contributed by atoms with E-state index in [0.29, 0.717) is 0 Å². The summed E-state index contributed by atoms with van der Waals surface area (Å²) in [6, 6.07) is 22.1. The van der Waals surface area contributed by atoms with Crippen LogP contribution in [0.4, 0.5) is 0 Å². The highest BCUT2D eigenvalue weighted by atomic mass is 15.0. The van der Waals surface area contributed by atoms with Crippen LogP contribution < -0.4 is 4.57 Å². The van der Waals surface area contributed by atoms with Crippen LogP contribution in [0.3, 0.4) is 0 Å². The lowest BCUT2D eigenvalue weighted by Gasteiger charge is -2.08. The molecule has 2 aliphatic rings. The van der Waals surface area contributed by atoms with E-state index in [1.165, 1.54) is 47.0 Å². The normalized spacial score (nSPS) is 15.1. The first kappa shape index (κ1) is 15.1. The summed E-state index contributed by atoms with van der Waals surface area (Å²) in [7, 11) is 0. The average Bonchev–Trinajstić information content (AvgIpc) is 3.25. The van der Waals surface area contributed by atoms with Crippen molar-refractivity contribution in [2.45, 2.75) is 39.7 Å². The molecule has 0 saturated heterocycles. The van der Waals surface area contributed by atoms with Gasteiger partial charge in [0.1, 0.15) is 0 Å². The van der Waals surface area contributed by atoms with Gasteiger partial charge in [-0.25, -0.2) is 0 Å². The third-order valence-corrected chi connectivity index (χ3v) is 5.15. The number of hydrogen-bond donors (Lipinski definition) is 0. The van der Waals surface area contributed by atoms with Crippen LogP contribution in [0.15, 0.2) is 66.2 Å². The molecule has 0 spiro atoms. The van der Waals surface area contributed by atoms with Gasteiger partial charge in [0.05, 0.1) is 5.39 Å². The third kappa shape index (κ3) is 2.27. The molecule has 24 heavy (non-hydrogen) atoms. The Kier molecular flexibility index (Phi) is 3.93. The van der Waals surface area contributed by atoms with Crippen molar-refractivity contribution in [2.75, 3.05) is 0 Å². The zero-order valence-corrected chi connectivity index (χ0v) is 14.5. The highest BCUT2D eigenvalue weighted by Gasteiger charge is 2.33. The Morgan fingerprint density at radius 1 is 0.792 bits per heavy atom. The molecule has 1 aliphatic heterocycles. The van der Waals surface area contributed by atoms with Gasteiger partial charge in [0.15, 0.2) is 6.54 Å². The summed E-state index contributed by atoms with van der Waals surface area (Å²) < 4.78 is 2.52. The molecule has 1 nitrogen and oxygen atoms in total. The summed E-state index contributed by atoms with van der Waals surface area (Å²) >= 11 is 0. The molecule has 0 fully saturated rings. The van der Waals surface area contributed by atoms with E-state index in [1.807, 2.05) is 13.8 Å². The Morgan fingerprint density at radius 2 is 1.62 bits per heavy atom. The van der Waals surface area contributed by atoms with Crippen molar-refractivity contribution >= 4 is 16.5 Å². The number of hydrogen-bond acceptors (Lipinski definition) is 0. The maximum absolute atomic E-state index is 2.52. The van der Waals surface area contributed by atoms with E-state index in [4.69, 9.17) is 0 Å². The largest absolute Gasteiger partial charge is 0.213 e. The molecular formula is C23H24N+. The number of rotatable bonds is 1. The van der Waals surface area contributed by atoms with E-state index in [-0.39, 0.29) is 0 Å². The molecule has 0 radical (unpaired) electrons. The lowest BCUT2D eigenvalue weighted by Crippen LogP contribution is -2.35. The summed E-state index contributed by atoms with van der Waals surface area (Å²) in [5.41, 5.74) is 8.73. The Balaban J connectivity index is 0.000000704. The van der Waals surface area contributed by atoms with Crippen LogP contribution in [0, 0.1) is 0 Å². The van der Waals surface area contributed by atoms with Gasteiger partial charge in [0.25, 0.3) is 0 Å². The van der Waals surface area contributed by atoms with Crippen molar-refractivity contribution in [3.05, 3.63) is 71.9 Å². The summed E-state index contributed by atoms with van der Waals surface area (Å²) in [6.07, 6.45) is 3.89. The molecule has 3 aromatic rings. The van der Waals surface area contributed by atoms with Crippen molar-refractivity contribution in [2.24, 2.45) is 0 Å². The first-order valence-corrected chi connectivity index (χ1v) is 9.14. The quantitative estimate of drug-likeness (QED) is 0.502. The monoisotopic (exact) mass is 314 g/mol. The maximum atomic E-state index is 2.52. The molecule has 0 unspecified atom stereocenters. The number of allylic oxidation sites excluding steroid dienone is 2. The number of pyridine rings is 1. The second kappa shape index (κ2) is 6.24. The van der Waals surface area contributed by atoms with Crippen LogP contribution in [0.25, 0.3) is 27.6 Å². The molecule has 5 rings (SSSR count). The number of nitrogens with zero attached hydrogens (tertiary/aromatic N) is 1. The van der Waals surface area contributed by atoms with Gasteiger partial charge in [-0.2, -0.15) is 4.57 Å². The van der Waals surface area contributed by atoms with Crippen LogP contribution in [0.5, 0.6) is 0 Å². The second-order valence-corrected chi connectivity index (χ2v) is 6.34. The van der Waals surface area contributed by atoms with Crippen LogP contribution >= 0.6 is 0 Å². The minimum Gasteiger partial charge on any atom is -0.188 e. The summed E-state index contributed by atoms with van der Waals surface area (Å²) in [5, 5.41) is 1.36. The number of aromatic nitrogens is 1.